The lowest BCUT2D eigenvalue weighted by Crippen LogP contribution is -2.44. The SMILES string of the molecule is OCCOc1nc(-c2cccc(O)c2)nc(N2Cc3ccccc3CC2CO)n1. The van der Waals surface area contributed by atoms with Crippen molar-refractivity contribution < 1.29 is 20.1 Å². The number of aliphatic hydroxyl groups is 2. The molecule has 0 fully saturated rings. The number of ether oxygens (including phenoxy) is 1. The highest BCUT2D eigenvalue weighted by Crippen LogP contribution is 2.29. The van der Waals surface area contributed by atoms with E-state index in [2.05, 4.69) is 27.1 Å². The minimum atomic E-state index is -0.185. The van der Waals surface area contributed by atoms with Crippen LogP contribution < -0.4 is 9.64 Å². The van der Waals surface area contributed by atoms with Gasteiger partial charge in [0.1, 0.15) is 12.4 Å². The molecule has 1 aromatic heterocycles. The molecular formula is C21H22N4O4. The predicted octanol–water partition coefficient (Wildman–Crippen LogP) is 1.54. The van der Waals surface area contributed by atoms with Crippen molar-refractivity contribution in [1.82, 2.24) is 15.0 Å². The number of anilines is 1. The fraction of sp³-hybridized carbons (Fsp3) is 0.286. The fourth-order valence-electron chi connectivity index (χ4n) is 3.43. The fourth-order valence-corrected chi connectivity index (χ4v) is 3.43. The van der Waals surface area contributed by atoms with E-state index in [1.54, 1.807) is 24.3 Å². The minimum Gasteiger partial charge on any atom is -0.508 e. The summed E-state index contributed by atoms with van der Waals surface area (Å²) in [5, 5.41) is 28.9. The molecule has 0 saturated carbocycles. The number of aliphatic hydroxyl groups excluding tert-OH is 2. The lowest BCUT2D eigenvalue weighted by Gasteiger charge is -2.36. The Bertz CT molecular complexity index is 998. The van der Waals surface area contributed by atoms with Crippen molar-refractivity contribution in [3.05, 3.63) is 59.7 Å². The standard InChI is InChI=1S/C21H22N4O4/c26-8-9-29-21-23-19(15-6-3-7-18(28)11-15)22-20(24-21)25-12-16-5-2-1-4-14(16)10-17(25)13-27/h1-7,11,17,26-28H,8-10,12-13H2. The Labute approximate surface area is 168 Å². The van der Waals surface area contributed by atoms with Crippen LogP contribution in [0.4, 0.5) is 5.95 Å². The third-order valence-electron chi connectivity index (χ3n) is 4.85. The second-order valence-electron chi connectivity index (χ2n) is 6.80. The molecule has 0 bridgehead atoms. The number of fused-ring (bicyclic) bond motifs is 1. The van der Waals surface area contributed by atoms with Gasteiger partial charge in [0.2, 0.25) is 5.95 Å². The first-order valence-corrected chi connectivity index (χ1v) is 9.41. The van der Waals surface area contributed by atoms with Crippen LogP contribution in [0.2, 0.25) is 0 Å². The predicted molar refractivity (Wildman–Crippen MR) is 107 cm³/mol. The van der Waals surface area contributed by atoms with Crippen molar-refractivity contribution in [1.29, 1.82) is 0 Å². The van der Waals surface area contributed by atoms with Crippen molar-refractivity contribution >= 4 is 5.95 Å². The molecule has 150 valence electrons. The number of hydrogen-bond acceptors (Lipinski definition) is 8. The van der Waals surface area contributed by atoms with E-state index in [0.29, 0.717) is 30.3 Å². The maximum Gasteiger partial charge on any atom is 0.321 e. The zero-order valence-corrected chi connectivity index (χ0v) is 15.8. The Hall–Kier alpha value is -3.23. The number of aromatic hydroxyl groups is 1. The first kappa shape index (κ1) is 19.1. The first-order valence-electron chi connectivity index (χ1n) is 9.41. The van der Waals surface area contributed by atoms with E-state index in [4.69, 9.17) is 9.84 Å². The molecular weight excluding hydrogens is 372 g/mol. The van der Waals surface area contributed by atoms with Crippen LogP contribution in [-0.2, 0) is 13.0 Å². The van der Waals surface area contributed by atoms with Gasteiger partial charge in [0, 0.05) is 12.1 Å². The summed E-state index contributed by atoms with van der Waals surface area (Å²) in [6, 6.07) is 14.6. The largest absolute Gasteiger partial charge is 0.508 e. The molecule has 0 aliphatic carbocycles. The average Bonchev–Trinajstić information content (AvgIpc) is 2.76. The van der Waals surface area contributed by atoms with Gasteiger partial charge in [0.15, 0.2) is 5.82 Å². The van der Waals surface area contributed by atoms with Crippen LogP contribution in [0.5, 0.6) is 11.8 Å². The number of aromatic nitrogens is 3. The Balaban J connectivity index is 1.76. The molecule has 2 heterocycles. The van der Waals surface area contributed by atoms with Gasteiger partial charge in [-0.3, -0.25) is 0 Å². The maximum absolute atomic E-state index is 9.97. The summed E-state index contributed by atoms with van der Waals surface area (Å²) < 4.78 is 5.45. The number of phenolic OH excluding ortho intramolecular Hbond substituents is 1. The minimum absolute atomic E-state index is 0.0473. The lowest BCUT2D eigenvalue weighted by atomic mass is 9.94. The number of phenols is 1. The second kappa shape index (κ2) is 8.42. The summed E-state index contributed by atoms with van der Waals surface area (Å²) in [5.74, 6) is 0.816. The van der Waals surface area contributed by atoms with Crippen molar-refractivity contribution in [3.63, 3.8) is 0 Å². The van der Waals surface area contributed by atoms with Gasteiger partial charge in [-0.05, 0) is 29.7 Å². The van der Waals surface area contributed by atoms with E-state index in [1.807, 2.05) is 17.0 Å². The zero-order valence-electron chi connectivity index (χ0n) is 15.8. The Morgan fingerprint density at radius 3 is 2.59 bits per heavy atom. The molecule has 0 saturated heterocycles. The average molecular weight is 394 g/mol. The molecule has 1 aliphatic rings. The molecule has 0 amide bonds. The van der Waals surface area contributed by atoms with Crippen LogP contribution in [0, 0.1) is 0 Å². The van der Waals surface area contributed by atoms with Crippen LogP contribution in [0.25, 0.3) is 11.4 Å². The molecule has 8 heteroatoms. The van der Waals surface area contributed by atoms with E-state index < -0.39 is 0 Å². The summed E-state index contributed by atoms with van der Waals surface area (Å²) in [5.41, 5.74) is 2.96. The Kier molecular flexibility index (Phi) is 5.55. The van der Waals surface area contributed by atoms with Gasteiger partial charge in [0.05, 0.1) is 19.3 Å². The third kappa shape index (κ3) is 4.13. The number of benzene rings is 2. The van der Waals surface area contributed by atoms with E-state index in [9.17, 15) is 10.2 Å². The van der Waals surface area contributed by atoms with Crippen molar-refractivity contribution in [2.45, 2.75) is 19.0 Å². The smallest absolute Gasteiger partial charge is 0.321 e. The molecule has 2 aromatic carbocycles. The van der Waals surface area contributed by atoms with Gasteiger partial charge in [-0.1, -0.05) is 36.4 Å². The van der Waals surface area contributed by atoms with Gasteiger partial charge in [-0.15, -0.1) is 0 Å². The second-order valence-corrected chi connectivity index (χ2v) is 6.80. The molecule has 3 N–H and O–H groups in total. The summed E-state index contributed by atoms with van der Waals surface area (Å²) >= 11 is 0. The number of hydrogen-bond donors (Lipinski definition) is 3. The van der Waals surface area contributed by atoms with E-state index in [1.165, 1.54) is 5.56 Å². The molecule has 4 rings (SSSR count). The maximum atomic E-state index is 9.97. The highest BCUT2D eigenvalue weighted by molar-refractivity contribution is 5.59. The van der Waals surface area contributed by atoms with E-state index >= 15 is 0 Å². The highest BCUT2D eigenvalue weighted by Gasteiger charge is 2.28. The van der Waals surface area contributed by atoms with Crippen LogP contribution in [0.3, 0.4) is 0 Å². The molecule has 8 nitrogen and oxygen atoms in total. The van der Waals surface area contributed by atoms with Crippen LogP contribution in [0.1, 0.15) is 11.1 Å². The molecule has 3 aromatic rings. The van der Waals surface area contributed by atoms with Crippen molar-refractivity contribution in [2.75, 3.05) is 24.7 Å². The summed E-state index contributed by atoms with van der Waals surface area (Å²) in [7, 11) is 0. The summed E-state index contributed by atoms with van der Waals surface area (Å²) in [6.07, 6.45) is 0.673. The molecule has 1 atom stereocenters. The first-order chi connectivity index (χ1) is 14.2. The summed E-state index contributed by atoms with van der Waals surface area (Å²) in [4.78, 5) is 15.2. The molecule has 0 spiro atoms. The third-order valence-corrected chi connectivity index (χ3v) is 4.85. The van der Waals surface area contributed by atoms with Gasteiger partial charge in [0.25, 0.3) is 0 Å². The molecule has 1 unspecified atom stereocenters. The number of rotatable bonds is 6. The lowest BCUT2D eigenvalue weighted by molar-refractivity contribution is 0.191. The van der Waals surface area contributed by atoms with E-state index in [-0.39, 0.29) is 37.6 Å². The van der Waals surface area contributed by atoms with Crippen molar-refractivity contribution in [3.8, 4) is 23.1 Å². The van der Waals surface area contributed by atoms with Gasteiger partial charge < -0.3 is 25.0 Å². The molecule has 0 radical (unpaired) electrons. The molecule has 1 aliphatic heterocycles. The van der Waals surface area contributed by atoms with Crippen LogP contribution >= 0.6 is 0 Å². The Morgan fingerprint density at radius 1 is 1.00 bits per heavy atom. The zero-order chi connectivity index (χ0) is 20.2. The normalized spacial score (nSPS) is 15.8. The van der Waals surface area contributed by atoms with Gasteiger partial charge >= 0.3 is 6.01 Å². The van der Waals surface area contributed by atoms with Gasteiger partial charge in [-0.2, -0.15) is 15.0 Å². The number of nitrogens with zero attached hydrogens (tertiary/aromatic N) is 4. The Morgan fingerprint density at radius 2 is 1.83 bits per heavy atom. The van der Waals surface area contributed by atoms with Crippen LogP contribution in [-0.4, -0.2) is 56.1 Å². The van der Waals surface area contributed by atoms with Crippen LogP contribution in [0.15, 0.2) is 48.5 Å². The summed E-state index contributed by atoms with van der Waals surface area (Å²) in [6.45, 7) is 0.382. The van der Waals surface area contributed by atoms with Crippen molar-refractivity contribution in [2.24, 2.45) is 0 Å². The topological polar surface area (TPSA) is 112 Å². The molecule has 29 heavy (non-hydrogen) atoms. The van der Waals surface area contributed by atoms with E-state index in [0.717, 1.165) is 5.56 Å². The highest BCUT2D eigenvalue weighted by atomic mass is 16.5. The monoisotopic (exact) mass is 394 g/mol. The quantitative estimate of drug-likeness (QED) is 0.577. The van der Waals surface area contributed by atoms with Gasteiger partial charge in [-0.25, -0.2) is 0 Å².